The number of nitro benzene ring substituents is 1. The second-order valence-corrected chi connectivity index (χ2v) is 7.53. The van der Waals surface area contributed by atoms with Crippen molar-refractivity contribution in [3.05, 3.63) is 74.7 Å². The van der Waals surface area contributed by atoms with Crippen molar-refractivity contribution in [2.75, 3.05) is 7.11 Å². The summed E-state index contributed by atoms with van der Waals surface area (Å²) >= 11 is 0.753. The molecular weight excluding hydrogens is 424 g/mol. The number of hydrogen-bond donors (Lipinski definition) is 0. The maximum Gasteiger partial charge on any atom is 0.328 e. The maximum atomic E-state index is 12.5. The lowest BCUT2D eigenvalue weighted by Crippen LogP contribution is -2.42. The molecule has 160 valence electrons. The van der Waals surface area contributed by atoms with Crippen LogP contribution < -0.4 is 4.74 Å². The van der Waals surface area contributed by atoms with Crippen LogP contribution in [0.1, 0.15) is 18.1 Å². The maximum absolute atomic E-state index is 12.5. The second-order valence-electron chi connectivity index (χ2n) is 6.54. The average Bonchev–Trinajstić information content (AvgIpc) is 3.05. The number of amides is 2. The highest BCUT2D eigenvalue weighted by atomic mass is 32.2. The molecule has 0 saturated carbocycles. The summed E-state index contributed by atoms with van der Waals surface area (Å²) in [7, 11) is 1.19. The number of carbonyl (C=O) groups excluding carboxylic acids is 3. The van der Waals surface area contributed by atoms with Gasteiger partial charge in [0, 0.05) is 12.1 Å². The minimum atomic E-state index is -1.01. The summed E-state index contributed by atoms with van der Waals surface area (Å²) < 4.78 is 10.2. The molecule has 1 aliphatic heterocycles. The molecule has 2 aromatic rings. The molecule has 1 unspecified atom stereocenters. The molecule has 0 bridgehead atoms. The van der Waals surface area contributed by atoms with Gasteiger partial charge in [-0.1, -0.05) is 24.3 Å². The van der Waals surface area contributed by atoms with Crippen LogP contribution in [-0.2, 0) is 20.9 Å². The van der Waals surface area contributed by atoms with Crippen molar-refractivity contribution in [2.45, 2.75) is 19.6 Å². The molecule has 0 aromatic heterocycles. The molecule has 2 aromatic carbocycles. The van der Waals surface area contributed by atoms with Crippen LogP contribution >= 0.6 is 11.8 Å². The van der Waals surface area contributed by atoms with Crippen LogP contribution in [-0.4, -0.2) is 40.1 Å². The highest BCUT2D eigenvalue weighted by Gasteiger charge is 2.41. The number of carbonyl (C=O) groups is 3. The van der Waals surface area contributed by atoms with Gasteiger partial charge in [-0.2, -0.15) is 0 Å². The molecule has 1 atom stereocenters. The van der Waals surface area contributed by atoms with Gasteiger partial charge in [0.2, 0.25) is 0 Å². The van der Waals surface area contributed by atoms with Crippen molar-refractivity contribution in [3.63, 3.8) is 0 Å². The Morgan fingerprint density at radius 1 is 1.23 bits per heavy atom. The van der Waals surface area contributed by atoms with Crippen LogP contribution in [0.2, 0.25) is 0 Å². The summed E-state index contributed by atoms with van der Waals surface area (Å²) in [5.41, 5.74) is 1.32. The number of imide groups is 1. The molecule has 1 heterocycles. The minimum absolute atomic E-state index is 0.00749. The Kier molecular flexibility index (Phi) is 6.71. The molecule has 0 spiro atoms. The number of benzene rings is 2. The number of thioether (sulfide) groups is 1. The fourth-order valence-electron chi connectivity index (χ4n) is 2.83. The fraction of sp³-hybridized carbons (Fsp3) is 0.190. The largest absolute Gasteiger partial charge is 0.489 e. The van der Waals surface area contributed by atoms with Gasteiger partial charge in [0.25, 0.3) is 16.8 Å². The smallest absolute Gasteiger partial charge is 0.328 e. The van der Waals surface area contributed by atoms with E-state index in [4.69, 9.17) is 4.74 Å². The topological polar surface area (TPSA) is 116 Å². The standard InChI is InChI=1S/C21H18N2O7S/c1-13(20(25)29-2)22-19(24)18(31-21(22)26)11-14-6-8-17(9-7-14)30-12-15-4-3-5-16(10-15)23(27)28/h3-11,13H,12H2,1-2H3. The van der Waals surface area contributed by atoms with E-state index in [1.807, 2.05) is 0 Å². The molecule has 10 heteroatoms. The van der Waals surface area contributed by atoms with Gasteiger partial charge in [-0.3, -0.25) is 24.6 Å². The van der Waals surface area contributed by atoms with Crippen molar-refractivity contribution >= 4 is 40.6 Å². The monoisotopic (exact) mass is 442 g/mol. The fourth-order valence-corrected chi connectivity index (χ4v) is 3.74. The Labute approximate surface area is 181 Å². The average molecular weight is 442 g/mol. The number of ether oxygens (including phenoxy) is 2. The van der Waals surface area contributed by atoms with E-state index in [1.165, 1.54) is 26.2 Å². The van der Waals surface area contributed by atoms with Gasteiger partial charge in [-0.25, -0.2) is 4.79 Å². The van der Waals surface area contributed by atoms with Crippen LogP contribution in [0.3, 0.4) is 0 Å². The normalized spacial score (nSPS) is 15.8. The first-order valence-corrected chi connectivity index (χ1v) is 9.93. The zero-order valence-electron chi connectivity index (χ0n) is 16.6. The molecule has 1 aliphatic rings. The first-order chi connectivity index (χ1) is 14.8. The van der Waals surface area contributed by atoms with Crippen molar-refractivity contribution in [1.29, 1.82) is 0 Å². The Bertz CT molecular complexity index is 1070. The van der Waals surface area contributed by atoms with Gasteiger partial charge in [-0.05, 0) is 48.0 Å². The lowest BCUT2D eigenvalue weighted by Gasteiger charge is -2.18. The van der Waals surface area contributed by atoms with E-state index in [2.05, 4.69) is 4.74 Å². The van der Waals surface area contributed by atoms with Crippen molar-refractivity contribution in [1.82, 2.24) is 4.90 Å². The van der Waals surface area contributed by atoms with Crippen LogP contribution in [0.4, 0.5) is 10.5 Å². The summed E-state index contributed by atoms with van der Waals surface area (Å²) in [5, 5.41) is 10.3. The van der Waals surface area contributed by atoms with Gasteiger partial charge < -0.3 is 9.47 Å². The highest BCUT2D eigenvalue weighted by molar-refractivity contribution is 8.18. The predicted octanol–water partition coefficient (Wildman–Crippen LogP) is 3.77. The molecule has 1 fully saturated rings. The van der Waals surface area contributed by atoms with E-state index in [1.54, 1.807) is 42.5 Å². The van der Waals surface area contributed by atoms with Gasteiger partial charge in [-0.15, -0.1) is 0 Å². The van der Waals surface area contributed by atoms with Crippen LogP contribution in [0.25, 0.3) is 6.08 Å². The number of hydrogen-bond acceptors (Lipinski definition) is 8. The Morgan fingerprint density at radius 2 is 1.94 bits per heavy atom. The third-order valence-electron chi connectivity index (χ3n) is 4.46. The molecule has 3 rings (SSSR count). The van der Waals surface area contributed by atoms with E-state index in [9.17, 15) is 24.5 Å². The zero-order chi connectivity index (χ0) is 22.5. The highest BCUT2D eigenvalue weighted by Crippen LogP contribution is 2.34. The minimum Gasteiger partial charge on any atom is -0.489 e. The molecule has 0 radical (unpaired) electrons. The summed E-state index contributed by atoms with van der Waals surface area (Å²) in [5.74, 6) is -0.691. The molecule has 0 N–H and O–H groups in total. The van der Waals surface area contributed by atoms with Crippen molar-refractivity contribution < 1.29 is 28.8 Å². The second kappa shape index (κ2) is 9.43. The number of rotatable bonds is 7. The first-order valence-electron chi connectivity index (χ1n) is 9.11. The quantitative estimate of drug-likeness (QED) is 0.275. The van der Waals surface area contributed by atoms with E-state index < -0.39 is 28.1 Å². The number of methoxy groups -OCH3 is 1. The third-order valence-corrected chi connectivity index (χ3v) is 5.34. The summed E-state index contributed by atoms with van der Waals surface area (Å²) in [6, 6.07) is 12.0. The number of non-ortho nitro benzene ring substituents is 1. The molecule has 0 aliphatic carbocycles. The summed E-state index contributed by atoms with van der Waals surface area (Å²) in [6.45, 7) is 1.59. The summed E-state index contributed by atoms with van der Waals surface area (Å²) in [4.78, 5) is 47.8. The van der Waals surface area contributed by atoms with Gasteiger partial charge in [0.15, 0.2) is 0 Å². The lowest BCUT2D eigenvalue weighted by molar-refractivity contribution is -0.384. The van der Waals surface area contributed by atoms with E-state index in [0.717, 1.165) is 16.7 Å². The van der Waals surface area contributed by atoms with Crippen LogP contribution in [0, 0.1) is 10.1 Å². The Balaban J connectivity index is 1.66. The van der Waals surface area contributed by atoms with E-state index in [0.29, 0.717) is 16.9 Å². The Hall–Kier alpha value is -3.66. The van der Waals surface area contributed by atoms with Crippen LogP contribution in [0.5, 0.6) is 5.75 Å². The number of nitro groups is 1. The molecular formula is C21H18N2O7S. The first kappa shape index (κ1) is 22.0. The molecule has 31 heavy (non-hydrogen) atoms. The molecule has 1 saturated heterocycles. The number of esters is 1. The predicted molar refractivity (Wildman–Crippen MR) is 113 cm³/mol. The Morgan fingerprint density at radius 3 is 2.58 bits per heavy atom. The van der Waals surface area contributed by atoms with E-state index in [-0.39, 0.29) is 17.2 Å². The van der Waals surface area contributed by atoms with Gasteiger partial charge >= 0.3 is 5.97 Å². The SMILES string of the molecule is COC(=O)C(C)N1C(=O)SC(=Cc2ccc(OCc3cccc([N+](=O)[O-])c3)cc2)C1=O. The van der Waals surface area contributed by atoms with Crippen molar-refractivity contribution in [2.24, 2.45) is 0 Å². The zero-order valence-corrected chi connectivity index (χ0v) is 17.5. The van der Waals surface area contributed by atoms with E-state index >= 15 is 0 Å². The van der Waals surface area contributed by atoms with Crippen LogP contribution in [0.15, 0.2) is 53.4 Å². The third kappa shape index (κ3) is 5.10. The van der Waals surface area contributed by atoms with Gasteiger partial charge in [0.05, 0.1) is 16.9 Å². The molecule has 2 amide bonds. The summed E-state index contributed by atoms with van der Waals surface area (Å²) in [6.07, 6.45) is 1.55. The lowest BCUT2D eigenvalue weighted by atomic mass is 10.2. The van der Waals surface area contributed by atoms with Gasteiger partial charge in [0.1, 0.15) is 18.4 Å². The number of nitrogens with zero attached hydrogens (tertiary/aromatic N) is 2. The van der Waals surface area contributed by atoms with Crippen molar-refractivity contribution in [3.8, 4) is 5.75 Å². The molecule has 9 nitrogen and oxygen atoms in total.